The Hall–Kier alpha value is -3.00. The van der Waals surface area contributed by atoms with Crippen molar-refractivity contribution in [1.29, 1.82) is 0 Å². The molecule has 0 fully saturated rings. The van der Waals surface area contributed by atoms with Crippen molar-refractivity contribution in [2.45, 2.75) is 12.3 Å². The first-order valence-corrected chi connectivity index (χ1v) is 8.25. The molecule has 0 spiro atoms. The van der Waals surface area contributed by atoms with Crippen molar-refractivity contribution in [1.82, 2.24) is 4.40 Å². The van der Waals surface area contributed by atoms with Gasteiger partial charge in [-0.15, -0.1) is 0 Å². The molecule has 1 aromatic carbocycles. The van der Waals surface area contributed by atoms with E-state index in [1.165, 1.54) is 40.9 Å². The number of aromatic nitrogens is 1. The van der Waals surface area contributed by atoms with Crippen LogP contribution in [0.1, 0.15) is 22.8 Å². The van der Waals surface area contributed by atoms with Gasteiger partial charge in [-0.25, -0.2) is 4.79 Å². The van der Waals surface area contributed by atoms with E-state index >= 15 is 0 Å². The molecule has 0 saturated heterocycles. The molecule has 9 heteroatoms. The van der Waals surface area contributed by atoms with Crippen molar-refractivity contribution in [2.75, 3.05) is 6.61 Å². The highest BCUT2D eigenvalue weighted by Gasteiger charge is 2.40. The fourth-order valence-corrected chi connectivity index (χ4v) is 3.10. The molecule has 140 valence electrons. The Kier molecular flexibility index (Phi) is 4.84. The molecule has 0 atom stereocenters. The molecule has 0 aliphatic heterocycles. The monoisotopic (exact) mass is 394 g/mol. The number of ether oxygens (including phenoxy) is 1. The zero-order chi connectivity index (χ0) is 19.8. The smallest absolute Gasteiger partial charge is 0.351 e. The molecule has 0 unspecified atom stereocenters. The van der Waals surface area contributed by atoms with Crippen molar-refractivity contribution in [3.8, 4) is 11.3 Å². The van der Waals surface area contributed by atoms with Gasteiger partial charge in [0.25, 0.3) is 5.69 Å². The van der Waals surface area contributed by atoms with Gasteiger partial charge < -0.3 is 9.14 Å². The van der Waals surface area contributed by atoms with E-state index in [1.807, 2.05) is 0 Å². The summed E-state index contributed by atoms with van der Waals surface area (Å²) in [5.41, 5.74) is -0.839. The first kappa shape index (κ1) is 18.8. The number of nitro benzene ring substituents is 1. The lowest BCUT2D eigenvalue weighted by Gasteiger charge is -2.12. The lowest BCUT2D eigenvalue weighted by atomic mass is 10.0. The summed E-state index contributed by atoms with van der Waals surface area (Å²) in [5, 5.41) is 6.98. The molecule has 0 aliphatic carbocycles. The number of benzene rings is 1. The van der Waals surface area contributed by atoms with E-state index in [4.69, 9.17) is 16.3 Å². The molecule has 3 aromatic rings. The minimum Gasteiger partial charge on any atom is -0.462 e. The first-order chi connectivity index (χ1) is 12.8. The zero-order valence-electron chi connectivity index (χ0n) is 14.0. The predicted molar refractivity (Wildman–Crippen MR) is 95.2 cm³/mol. The van der Waals surface area contributed by atoms with Crippen LogP contribution in [0.3, 0.4) is 0 Å². The Morgan fingerprint density at radius 3 is 2.48 bits per heavy atom. The summed E-state index contributed by atoms with van der Waals surface area (Å²) in [6.07, 6.45) is 1.50. The number of non-ortho nitro benzene ring substituents is 1. The van der Waals surface area contributed by atoms with Crippen LogP contribution < -0.4 is 0 Å². The van der Waals surface area contributed by atoms with Crippen LogP contribution in [-0.4, -0.2) is 21.9 Å². The summed E-state index contributed by atoms with van der Waals surface area (Å²) in [5.74, 6) is -0.926. The Bertz CT molecular complexity index is 1030. The summed E-state index contributed by atoms with van der Waals surface area (Å²) < 4.78 is 35.0. The number of carbonyl (C=O) groups is 1. The number of hydrogen-bond acceptors (Lipinski definition) is 4. The molecule has 0 aliphatic rings. The van der Waals surface area contributed by atoms with Gasteiger partial charge in [0, 0.05) is 18.3 Å². The number of fused-ring (bicyclic) bond motifs is 1. The second-order valence-corrected chi connectivity index (χ2v) is 6.05. The van der Waals surface area contributed by atoms with E-state index < -0.39 is 21.8 Å². The van der Waals surface area contributed by atoms with Crippen LogP contribution in [0.5, 0.6) is 0 Å². The molecular formula is C18H13ClF2N2O4. The van der Waals surface area contributed by atoms with Gasteiger partial charge in [-0.05, 0) is 48.4 Å². The number of nitrogens with zero attached hydrogens (tertiary/aromatic N) is 2. The van der Waals surface area contributed by atoms with E-state index in [-0.39, 0.29) is 34.6 Å². The van der Waals surface area contributed by atoms with E-state index in [0.29, 0.717) is 0 Å². The first-order valence-electron chi connectivity index (χ1n) is 7.88. The average Bonchev–Trinajstić information content (AvgIpc) is 2.97. The van der Waals surface area contributed by atoms with E-state index in [2.05, 4.69) is 0 Å². The van der Waals surface area contributed by atoms with Gasteiger partial charge in [-0.1, -0.05) is 6.07 Å². The number of carbonyl (C=O) groups excluding carboxylic acids is 1. The van der Waals surface area contributed by atoms with E-state index in [1.54, 1.807) is 19.1 Å². The summed E-state index contributed by atoms with van der Waals surface area (Å²) in [6, 6.07) is 9.73. The average molecular weight is 395 g/mol. The second kappa shape index (κ2) is 6.96. The summed E-state index contributed by atoms with van der Waals surface area (Å²) in [7, 11) is 0. The molecule has 0 N–H and O–H groups in total. The van der Waals surface area contributed by atoms with Crippen molar-refractivity contribution in [3.05, 3.63) is 69.9 Å². The highest BCUT2D eigenvalue weighted by atomic mass is 35.5. The zero-order valence-corrected chi connectivity index (χ0v) is 14.7. The van der Waals surface area contributed by atoms with E-state index in [9.17, 15) is 23.7 Å². The van der Waals surface area contributed by atoms with Crippen LogP contribution in [-0.2, 0) is 10.1 Å². The fourth-order valence-electron chi connectivity index (χ4n) is 2.92. The number of esters is 1. The maximum atomic E-state index is 14.3. The third-order valence-corrected chi connectivity index (χ3v) is 4.15. The maximum Gasteiger partial charge on any atom is 0.351 e. The SMILES string of the molecule is CCOC(=O)c1c(C(F)(F)Cl)c(-c2ccc([N+](=O)[O-])cc2)n2ccccc12. The highest BCUT2D eigenvalue weighted by molar-refractivity contribution is 6.23. The van der Waals surface area contributed by atoms with Crippen molar-refractivity contribution in [3.63, 3.8) is 0 Å². The third kappa shape index (κ3) is 3.35. The number of pyridine rings is 1. The number of alkyl halides is 3. The quantitative estimate of drug-likeness (QED) is 0.265. The second-order valence-electron chi connectivity index (χ2n) is 5.58. The van der Waals surface area contributed by atoms with Crippen LogP contribution >= 0.6 is 11.6 Å². The molecule has 3 rings (SSSR count). The normalized spacial score (nSPS) is 11.6. The largest absolute Gasteiger partial charge is 0.462 e. The molecule has 6 nitrogen and oxygen atoms in total. The van der Waals surface area contributed by atoms with Gasteiger partial charge in [-0.3, -0.25) is 10.1 Å². The van der Waals surface area contributed by atoms with Crippen LogP contribution in [0.4, 0.5) is 14.5 Å². The van der Waals surface area contributed by atoms with Gasteiger partial charge in [0.05, 0.1) is 33.9 Å². The molecule has 0 saturated carbocycles. The minimum absolute atomic E-state index is 0.00314. The topological polar surface area (TPSA) is 73.8 Å². The lowest BCUT2D eigenvalue weighted by molar-refractivity contribution is -0.384. The summed E-state index contributed by atoms with van der Waals surface area (Å²) in [4.78, 5) is 22.7. The third-order valence-electron chi connectivity index (χ3n) is 3.96. The van der Waals surface area contributed by atoms with Crippen LogP contribution in [0.2, 0.25) is 0 Å². The molecule has 0 bridgehead atoms. The number of halogens is 3. The van der Waals surface area contributed by atoms with Gasteiger partial charge >= 0.3 is 11.4 Å². The molecule has 2 heterocycles. The van der Waals surface area contributed by atoms with E-state index in [0.717, 1.165) is 0 Å². The van der Waals surface area contributed by atoms with Crippen LogP contribution in [0.25, 0.3) is 16.8 Å². The Balaban J connectivity index is 2.37. The van der Waals surface area contributed by atoms with Gasteiger partial charge in [0.15, 0.2) is 0 Å². The molecular weight excluding hydrogens is 382 g/mol. The molecule has 0 radical (unpaired) electrons. The number of hydrogen-bond donors (Lipinski definition) is 0. The fraction of sp³-hybridized carbons (Fsp3) is 0.167. The molecule has 2 aromatic heterocycles. The van der Waals surface area contributed by atoms with Crippen LogP contribution in [0, 0.1) is 10.1 Å². The summed E-state index contributed by atoms with van der Waals surface area (Å²) >= 11 is 5.35. The lowest BCUT2D eigenvalue weighted by Crippen LogP contribution is -2.13. The Morgan fingerprint density at radius 2 is 1.93 bits per heavy atom. The molecule has 27 heavy (non-hydrogen) atoms. The Morgan fingerprint density at radius 1 is 1.26 bits per heavy atom. The van der Waals surface area contributed by atoms with Gasteiger partial charge in [-0.2, -0.15) is 8.78 Å². The minimum atomic E-state index is -3.87. The number of nitro groups is 1. The summed E-state index contributed by atoms with van der Waals surface area (Å²) in [6.45, 7) is 1.56. The molecule has 0 amide bonds. The standard InChI is InChI=1S/C18H13ClF2N2O4/c1-2-27-17(24)14-13-5-3-4-10-22(13)16(15(14)18(19,20)21)11-6-8-12(9-7-11)23(25)26/h3-10H,2H2,1H3. The highest BCUT2D eigenvalue weighted by Crippen LogP contribution is 2.44. The Labute approximate surface area is 157 Å². The van der Waals surface area contributed by atoms with Gasteiger partial charge in [0.2, 0.25) is 0 Å². The number of rotatable bonds is 5. The van der Waals surface area contributed by atoms with Crippen LogP contribution in [0.15, 0.2) is 48.7 Å². The van der Waals surface area contributed by atoms with Gasteiger partial charge in [0.1, 0.15) is 0 Å². The van der Waals surface area contributed by atoms with Crippen molar-refractivity contribution >= 4 is 28.8 Å². The maximum absolute atomic E-state index is 14.3. The predicted octanol–water partition coefficient (Wildman–Crippen LogP) is 4.98. The van der Waals surface area contributed by atoms with Crippen molar-refractivity contribution in [2.24, 2.45) is 0 Å². The van der Waals surface area contributed by atoms with Crippen molar-refractivity contribution < 1.29 is 23.2 Å².